The summed E-state index contributed by atoms with van der Waals surface area (Å²) in [5.74, 6) is -0.400. The second-order valence-electron chi connectivity index (χ2n) is 5.38. The Hall–Kier alpha value is -2.37. The number of hydrogen-bond donors (Lipinski definition) is 2. The van der Waals surface area contributed by atoms with Gasteiger partial charge in [-0.3, -0.25) is 4.79 Å². The molecule has 0 saturated heterocycles. The number of imidazole rings is 1. The van der Waals surface area contributed by atoms with Gasteiger partial charge >= 0.3 is 5.97 Å². The van der Waals surface area contributed by atoms with Crippen molar-refractivity contribution in [3.63, 3.8) is 0 Å². The first-order chi connectivity index (χ1) is 9.81. The Morgan fingerprint density at radius 1 is 1.29 bits per heavy atom. The van der Waals surface area contributed by atoms with Crippen molar-refractivity contribution in [1.82, 2.24) is 14.9 Å². The highest BCUT2D eigenvalue weighted by atomic mass is 16.4. The number of carboxylic acids is 1. The third-order valence-corrected chi connectivity index (χ3v) is 3.31. The number of carbonyl (C=O) groups excluding carboxylic acids is 1. The van der Waals surface area contributed by atoms with Crippen molar-refractivity contribution in [2.45, 2.75) is 39.8 Å². The molecule has 6 nitrogen and oxygen atoms in total. The lowest BCUT2D eigenvalue weighted by Crippen LogP contribution is -2.35. The number of carbonyl (C=O) groups is 2. The van der Waals surface area contributed by atoms with Crippen molar-refractivity contribution in [1.29, 1.82) is 0 Å². The van der Waals surface area contributed by atoms with E-state index in [0.717, 1.165) is 5.52 Å². The molecule has 6 heteroatoms. The number of aryl methyl sites for hydroxylation is 1. The van der Waals surface area contributed by atoms with Crippen LogP contribution in [0.4, 0.5) is 0 Å². The molecule has 1 unspecified atom stereocenters. The maximum absolute atomic E-state index is 12.2. The standard InChI is InChI=1S/C15H19N3O3/c1-8(2)16-14(19)9(3)18-10(4)17-12-7-11(15(20)21)5-6-13(12)18/h5-9H,1-4H3,(H,16,19)(H,20,21). The molecular weight excluding hydrogens is 270 g/mol. The van der Waals surface area contributed by atoms with Crippen molar-refractivity contribution in [3.05, 3.63) is 29.6 Å². The van der Waals surface area contributed by atoms with E-state index in [-0.39, 0.29) is 17.5 Å². The van der Waals surface area contributed by atoms with Crippen molar-refractivity contribution in [3.8, 4) is 0 Å². The van der Waals surface area contributed by atoms with Crippen molar-refractivity contribution < 1.29 is 14.7 Å². The Labute approximate surface area is 122 Å². The quantitative estimate of drug-likeness (QED) is 0.903. The molecule has 0 spiro atoms. The van der Waals surface area contributed by atoms with Gasteiger partial charge in [-0.25, -0.2) is 9.78 Å². The molecule has 0 aliphatic carbocycles. The van der Waals surface area contributed by atoms with Crippen LogP contribution in [0.3, 0.4) is 0 Å². The molecule has 21 heavy (non-hydrogen) atoms. The normalized spacial score (nSPS) is 12.6. The van der Waals surface area contributed by atoms with Crippen molar-refractivity contribution in [2.24, 2.45) is 0 Å². The zero-order chi connectivity index (χ0) is 15.7. The lowest BCUT2D eigenvalue weighted by molar-refractivity contribution is -0.124. The third kappa shape index (κ3) is 2.89. The molecule has 1 atom stereocenters. The number of aromatic nitrogens is 2. The molecule has 1 amide bonds. The van der Waals surface area contributed by atoms with E-state index >= 15 is 0 Å². The van der Waals surface area contributed by atoms with Crippen molar-refractivity contribution >= 4 is 22.9 Å². The highest BCUT2D eigenvalue weighted by molar-refractivity contribution is 5.93. The minimum Gasteiger partial charge on any atom is -0.478 e. The maximum Gasteiger partial charge on any atom is 0.335 e. The minimum atomic E-state index is -0.991. The van der Waals surface area contributed by atoms with Crippen LogP contribution in [0.25, 0.3) is 11.0 Å². The van der Waals surface area contributed by atoms with Crippen LogP contribution >= 0.6 is 0 Å². The Balaban J connectivity index is 2.47. The van der Waals surface area contributed by atoms with Gasteiger partial charge in [-0.1, -0.05) is 0 Å². The second kappa shape index (κ2) is 5.55. The molecule has 0 aliphatic rings. The van der Waals surface area contributed by atoms with E-state index in [0.29, 0.717) is 11.3 Å². The van der Waals surface area contributed by atoms with Gasteiger partial charge in [-0.15, -0.1) is 0 Å². The molecule has 0 radical (unpaired) electrons. The number of amides is 1. The summed E-state index contributed by atoms with van der Waals surface area (Å²) < 4.78 is 1.82. The Bertz CT molecular complexity index is 703. The number of benzene rings is 1. The van der Waals surface area contributed by atoms with Gasteiger partial charge in [0.1, 0.15) is 11.9 Å². The SMILES string of the molecule is Cc1nc2cc(C(=O)O)ccc2n1C(C)C(=O)NC(C)C. The van der Waals surface area contributed by atoms with E-state index < -0.39 is 12.0 Å². The van der Waals surface area contributed by atoms with E-state index in [2.05, 4.69) is 10.3 Å². The fraction of sp³-hybridized carbons (Fsp3) is 0.400. The first kappa shape index (κ1) is 15.0. The first-order valence-corrected chi connectivity index (χ1v) is 6.83. The van der Waals surface area contributed by atoms with Crippen LogP contribution in [-0.2, 0) is 4.79 Å². The van der Waals surface area contributed by atoms with Crippen LogP contribution < -0.4 is 5.32 Å². The van der Waals surface area contributed by atoms with Gasteiger partial charge < -0.3 is 15.0 Å². The van der Waals surface area contributed by atoms with Crippen molar-refractivity contribution in [2.75, 3.05) is 0 Å². The zero-order valence-corrected chi connectivity index (χ0v) is 12.5. The number of hydrogen-bond acceptors (Lipinski definition) is 3. The summed E-state index contributed by atoms with van der Waals surface area (Å²) in [7, 11) is 0. The number of nitrogens with one attached hydrogen (secondary N) is 1. The predicted molar refractivity (Wildman–Crippen MR) is 79.4 cm³/mol. The van der Waals surface area contributed by atoms with Gasteiger partial charge in [0.25, 0.3) is 0 Å². The van der Waals surface area contributed by atoms with Gasteiger partial charge in [0.2, 0.25) is 5.91 Å². The molecule has 1 aromatic heterocycles. The van der Waals surface area contributed by atoms with Gasteiger partial charge in [0.15, 0.2) is 0 Å². The summed E-state index contributed by atoms with van der Waals surface area (Å²) in [4.78, 5) is 27.5. The molecule has 112 valence electrons. The number of nitrogens with zero attached hydrogens (tertiary/aromatic N) is 2. The van der Waals surface area contributed by atoms with Gasteiger partial charge in [-0.2, -0.15) is 0 Å². The number of fused-ring (bicyclic) bond motifs is 1. The first-order valence-electron chi connectivity index (χ1n) is 6.83. The molecular formula is C15H19N3O3. The molecule has 0 saturated carbocycles. The van der Waals surface area contributed by atoms with Crippen LogP contribution in [0.15, 0.2) is 18.2 Å². The zero-order valence-electron chi connectivity index (χ0n) is 12.5. The highest BCUT2D eigenvalue weighted by Gasteiger charge is 2.20. The molecule has 2 N–H and O–H groups in total. The van der Waals surface area contributed by atoms with E-state index in [1.165, 1.54) is 12.1 Å². The van der Waals surface area contributed by atoms with Gasteiger partial charge in [0, 0.05) is 6.04 Å². The Kier molecular flexibility index (Phi) is 3.97. The topological polar surface area (TPSA) is 84.2 Å². The molecule has 2 rings (SSSR count). The van der Waals surface area contributed by atoms with E-state index in [1.807, 2.05) is 18.4 Å². The minimum absolute atomic E-state index is 0.0636. The largest absolute Gasteiger partial charge is 0.478 e. The lowest BCUT2D eigenvalue weighted by Gasteiger charge is -2.18. The highest BCUT2D eigenvalue weighted by Crippen LogP contribution is 2.22. The fourth-order valence-corrected chi connectivity index (χ4v) is 2.36. The molecule has 0 bridgehead atoms. The van der Waals surface area contributed by atoms with Crippen LogP contribution in [0.5, 0.6) is 0 Å². The van der Waals surface area contributed by atoms with Gasteiger partial charge in [0.05, 0.1) is 16.6 Å². The van der Waals surface area contributed by atoms with Crippen LogP contribution in [0, 0.1) is 6.92 Å². The molecule has 1 aromatic carbocycles. The summed E-state index contributed by atoms with van der Waals surface area (Å²) >= 11 is 0. The van der Waals surface area contributed by atoms with Crippen LogP contribution in [0.1, 0.15) is 43.0 Å². The summed E-state index contributed by atoms with van der Waals surface area (Å²) in [6.07, 6.45) is 0. The van der Waals surface area contributed by atoms with Crippen LogP contribution in [0.2, 0.25) is 0 Å². The molecule has 1 heterocycles. The smallest absolute Gasteiger partial charge is 0.335 e. The summed E-state index contributed by atoms with van der Waals surface area (Å²) in [5, 5.41) is 11.9. The number of carboxylic acid groups (broad SMARTS) is 1. The average Bonchev–Trinajstić information content (AvgIpc) is 2.71. The fourth-order valence-electron chi connectivity index (χ4n) is 2.36. The maximum atomic E-state index is 12.2. The predicted octanol–water partition coefficient (Wildman–Crippen LogP) is 2.13. The summed E-state index contributed by atoms with van der Waals surface area (Å²) in [5.41, 5.74) is 1.52. The molecule has 0 fully saturated rings. The molecule has 0 aliphatic heterocycles. The van der Waals surface area contributed by atoms with E-state index in [1.54, 1.807) is 19.9 Å². The van der Waals surface area contributed by atoms with E-state index in [9.17, 15) is 9.59 Å². The summed E-state index contributed by atoms with van der Waals surface area (Å²) in [6.45, 7) is 7.42. The third-order valence-electron chi connectivity index (χ3n) is 3.31. The van der Waals surface area contributed by atoms with Crippen LogP contribution in [-0.4, -0.2) is 32.6 Å². The number of aromatic carboxylic acids is 1. The summed E-state index contributed by atoms with van der Waals surface area (Å²) in [6, 6.07) is 4.39. The van der Waals surface area contributed by atoms with E-state index in [4.69, 9.17) is 5.11 Å². The van der Waals surface area contributed by atoms with Gasteiger partial charge in [-0.05, 0) is 45.9 Å². The number of rotatable bonds is 4. The monoisotopic (exact) mass is 289 g/mol. The lowest BCUT2D eigenvalue weighted by atomic mass is 10.2. The average molecular weight is 289 g/mol. The Morgan fingerprint density at radius 3 is 2.52 bits per heavy atom. The second-order valence-corrected chi connectivity index (χ2v) is 5.38. The Morgan fingerprint density at radius 2 is 1.95 bits per heavy atom. The molecule has 2 aromatic rings.